The molecular weight excluding hydrogens is 363 g/mol. The van der Waals surface area contributed by atoms with E-state index in [4.69, 9.17) is 0 Å². The third-order valence-corrected chi connectivity index (χ3v) is 5.50. The number of carbonyl (C=O) groups is 1. The first-order valence-electron chi connectivity index (χ1n) is 9.95. The number of amides is 1. The molecule has 1 aliphatic rings. The van der Waals surface area contributed by atoms with Gasteiger partial charge in [0.15, 0.2) is 0 Å². The molecule has 1 aliphatic heterocycles. The maximum atomic E-state index is 13.4. The van der Waals surface area contributed by atoms with Gasteiger partial charge in [0.05, 0.1) is 6.04 Å². The van der Waals surface area contributed by atoms with Gasteiger partial charge in [-0.1, -0.05) is 35.4 Å². The number of nitrogens with zero attached hydrogens (tertiary/aromatic N) is 1. The van der Waals surface area contributed by atoms with Crippen LogP contribution in [0.2, 0.25) is 0 Å². The third-order valence-electron chi connectivity index (χ3n) is 5.50. The van der Waals surface area contributed by atoms with Crippen molar-refractivity contribution in [2.24, 2.45) is 0 Å². The maximum Gasteiger partial charge on any atom is 0.258 e. The summed E-state index contributed by atoms with van der Waals surface area (Å²) in [5, 5.41) is 3.53. The molecule has 1 N–H and O–H groups in total. The van der Waals surface area contributed by atoms with Crippen LogP contribution in [0.4, 0.5) is 15.8 Å². The highest BCUT2D eigenvalue weighted by atomic mass is 19.1. The molecule has 4 heteroatoms. The first-order valence-corrected chi connectivity index (χ1v) is 9.95. The van der Waals surface area contributed by atoms with Gasteiger partial charge in [0.25, 0.3) is 5.91 Å². The van der Waals surface area contributed by atoms with E-state index in [1.165, 1.54) is 12.1 Å². The molecule has 1 heterocycles. The van der Waals surface area contributed by atoms with Crippen molar-refractivity contribution in [3.05, 3.63) is 94.8 Å². The molecule has 0 fully saturated rings. The summed E-state index contributed by atoms with van der Waals surface area (Å²) >= 11 is 0. The van der Waals surface area contributed by atoms with Crippen molar-refractivity contribution in [2.75, 3.05) is 10.2 Å². The Morgan fingerprint density at radius 2 is 1.72 bits per heavy atom. The average molecular weight is 388 g/mol. The van der Waals surface area contributed by atoms with Gasteiger partial charge in [-0.05, 0) is 75.2 Å². The minimum absolute atomic E-state index is 0.0199. The second kappa shape index (κ2) is 7.70. The molecule has 0 aliphatic carbocycles. The van der Waals surface area contributed by atoms with E-state index in [2.05, 4.69) is 25.2 Å². The van der Waals surface area contributed by atoms with Crippen molar-refractivity contribution in [3.8, 4) is 0 Å². The van der Waals surface area contributed by atoms with Crippen LogP contribution in [-0.2, 0) is 0 Å². The highest BCUT2D eigenvalue weighted by Gasteiger charge is 2.34. The summed E-state index contributed by atoms with van der Waals surface area (Å²) in [6.07, 6.45) is 0.769. The molecular formula is C25H25FN2O. The van der Waals surface area contributed by atoms with Crippen molar-refractivity contribution in [2.45, 2.75) is 39.3 Å². The molecule has 148 valence electrons. The van der Waals surface area contributed by atoms with Crippen LogP contribution in [-0.4, -0.2) is 11.9 Å². The fourth-order valence-electron chi connectivity index (χ4n) is 4.09. The van der Waals surface area contributed by atoms with Gasteiger partial charge in [0.2, 0.25) is 0 Å². The number of halogens is 1. The van der Waals surface area contributed by atoms with E-state index in [1.807, 2.05) is 48.2 Å². The monoisotopic (exact) mass is 388 g/mol. The molecule has 0 bridgehead atoms. The SMILES string of the molecule is Cc1cccc(C(=O)N2c3ccc(C)cc3C(Nc3ccc(F)cc3)CC2C)c1. The summed E-state index contributed by atoms with van der Waals surface area (Å²) in [6, 6.07) is 20.4. The van der Waals surface area contributed by atoms with Crippen molar-refractivity contribution in [1.82, 2.24) is 0 Å². The first kappa shape index (κ1) is 19.2. The lowest BCUT2D eigenvalue weighted by Crippen LogP contribution is -2.44. The fraction of sp³-hybridized carbons (Fsp3) is 0.240. The van der Waals surface area contributed by atoms with Crippen LogP contribution in [0, 0.1) is 19.7 Å². The summed E-state index contributed by atoms with van der Waals surface area (Å²) in [4.78, 5) is 15.3. The topological polar surface area (TPSA) is 32.3 Å². The Balaban J connectivity index is 1.71. The summed E-state index contributed by atoms with van der Waals surface area (Å²) < 4.78 is 13.3. The average Bonchev–Trinajstić information content (AvgIpc) is 2.70. The number of fused-ring (bicyclic) bond motifs is 1. The van der Waals surface area contributed by atoms with Gasteiger partial charge < -0.3 is 10.2 Å². The zero-order valence-electron chi connectivity index (χ0n) is 16.9. The minimum Gasteiger partial charge on any atom is -0.378 e. The van der Waals surface area contributed by atoms with Crippen molar-refractivity contribution in [3.63, 3.8) is 0 Å². The molecule has 3 nitrogen and oxygen atoms in total. The number of hydrogen-bond acceptors (Lipinski definition) is 2. The van der Waals surface area contributed by atoms with E-state index in [9.17, 15) is 9.18 Å². The highest BCUT2D eigenvalue weighted by Crippen LogP contribution is 2.40. The van der Waals surface area contributed by atoms with E-state index in [0.29, 0.717) is 5.56 Å². The zero-order valence-corrected chi connectivity index (χ0v) is 16.9. The Morgan fingerprint density at radius 1 is 1.00 bits per heavy atom. The first-order chi connectivity index (χ1) is 13.9. The van der Waals surface area contributed by atoms with Crippen LogP contribution in [0.3, 0.4) is 0 Å². The van der Waals surface area contributed by atoms with Crippen LogP contribution < -0.4 is 10.2 Å². The molecule has 3 aromatic carbocycles. The lowest BCUT2D eigenvalue weighted by atomic mass is 9.89. The Kier molecular flexibility index (Phi) is 5.10. The van der Waals surface area contributed by atoms with Crippen molar-refractivity contribution < 1.29 is 9.18 Å². The molecule has 0 radical (unpaired) electrons. The van der Waals surface area contributed by atoms with Crippen LogP contribution in [0.5, 0.6) is 0 Å². The Labute approximate surface area is 171 Å². The van der Waals surface area contributed by atoms with Crippen LogP contribution >= 0.6 is 0 Å². The molecule has 3 aromatic rings. The second-order valence-corrected chi connectivity index (χ2v) is 7.90. The number of rotatable bonds is 3. The molecule has 0 aromatic heterocycles. The normalized spacial score (nSPS) is 18.3. The molecule has 0 saturated heterocycles. The summed E-state index contributed by atoms with van der Waals surface area (Å²) in [7, 11) is 0. The Hall–Kier alpha value is -3.14. The number of hydrogen-bond donors (Lipinski definition) is 1. The van der Waals surface area contributed by atoms with Crippen molar-refractivity contribution >= 4 is 17.3 Å². The molecule has 0 spiro atoms. The molecule has 1 amide bonds. The summed E-state index contributed by atoms with van der Waals surface area (Å²) in [5.74, 6) is -0.231. The van der Waals surface area contributed by atoms with Gasteiger partial charge in [0.1, 0.15) is 5.82 Å². The van der Waals surface area contributed by atoms with Gasteiger partial charge in [-0.2, -0.15) is 0 Å². The molecule has 0 saturated carbocycles. The smallest absolute Gasteiger partial charge is 0.258 e. The van der Waals surface area contributed by atoms with E-state index in [-0.39, 0.29) is 23.8 Å². The molecule has 29 heavy (non-hydrogen) atoms. The number of anilines is 2. The molecule has 2 unspecified atom stereocenters. The predicted molar refractivity (Wildman–Crippen MR) is 116 cm³/mol. The minimum atomic E-state index is -0.251. The summed E-state index contributed by atoms with van der Waals surface area (Å²) in [6.45, 7) is 6.13. The van der Waals surface area contributed by atoms with Crippen LogP contribution in [0.25, 0.3) is 0 Å². The molecule has 2 atom stereocenters. The van der Waals surface area contributed by atoms with Gasteiger partial charge in [-0.25, -0.2) is 4.39 Å². The van der Waals surface area contributed by atoms with E-state index < -0.39 is 0 Å². The quantitative estimate of drug-likeness (QED) is 0.594. The number of benzene rings is 3. The number of nitrogens with one attached hydrogen (secondary N) is 1. The third kappa shape index (κ3) is 3.88. The standard InChI is InChI=1S/C25H25FN2O/c1-16-5-4-6-19(13-16)25(29)28-18(3)15-23(22-14-17(2)7-12-24(22)28)27-21-10-8-20(26)9-11-21/h4-14,18,23,27H,15H2,1-3H3. The Bertz CT molecular complexity index is 1040. The summed E-state index contributed by atoms with van der Waals surface area (Å²) in [5.41, 5.74) is 5.81. The number of aryl methyl sites for hydroxylation is 2. The van der Waals surface area contributed by atoms with Crippen molar-refractivity contribution in [1.29, 1.82) is 0 Å². The molecule has 4 rings (SSSR count). The lowest BCUT2D eigenvalue weighted by Gasteiger charge is -2.40. The van der Waals surface area contributed by atoms with Crippen LogP contribution in [0.1, 0.15) is 46.4 Å². The maximum absolute atomic E-state index is 13.4. The number of carbonyl (C=O) groups excluding carboxylic acids is 1. The van der Waals surface area contributed by atoms with E-state index in [0.717, 1.165) is 34.5 Å². The lowest BCUT2D eigenvalue weighted by molar-refractivity contribution is 0.0974. The van der Waals surface area contributed by atoms with E-state index >= 15 is 0 Å². The fourth-order valence-corrected chi connectivity index (χ4v) is 4.09. The van der Waals surface area contributed by atoms with Gasteiger partial charge in [-0.15, -0.1) is 0 Å². The highest BCUT2D eigenvalue weighted by molar-refractivity contribution is 6.07. The predicted octanol–water partition coefficient (Wildman–Crippen LogP) is 6.03. The second-order valence-electron chi connectivity index (χ2n) is 7.90. The Morgan fingerprint density at radius 3 is 2.45 bits per heavy atom. The van der Waals surface area contributed by atoms with E-state index in [1.54, 1.807) is 12.1 Å². The zero-order chi connectivity index (χ0) is 20.5. The van der Waals surface area contributed by atoms with Gasteiger partial charge in [-0.3, -0.25) is 4.79 Å². The van der Waals surface area contributed by atoms with Gasteiger partial charge >= 0.3 is 0 Å². The largest absolute Gasteiger partial charge is 0.378 e. The van der Waals surface area contributed by atoms with Crippen LogP contribution in [0.15, 0.2) is 66.7 Å². The van der Waals surface area contributed by atoms with Gasteiger partial charge in [0, 0.05) is 23.0 Å².